The summed E-state index contributed by atoms with van der Waals surface area (Å²) in [6.07, 6.45) is 1.57. The average molecular weight is 400 g/mol. The number of rotatable bonds is 5. The van der Waals surface area contributed by atoms with Crippen molar-refractivity contribution in [2.24, 2.45) is 0 Å². The van der Waals surface area contributed by atoms with E-state index in [1.807, 2.05) is 44.4 Å². The number of methoxy groups -OCH3 is 1. The van der Waals surface area contributed by atoms with Crippen LogP contribution in [0.1, 0.15) is 41.2 Å². The minimum absolute atomic E-state index is 0.0352. The topological polar surface area (TPSA) is 84.1 Å². The van der Waals surface area contributed by atoms with E-state index in [4.69, 9.17) is 16.3 Å². The van der Waals surface area contributed by atoms with Crippen molar-refractivity contribution in [3.05, 3.63) is 57.4 Å². The molecule has 0 saturated carbocycles. The van der Waals surface area contributed by atoms with Gasteiger partial charge in [0.25, 0.3) is 5.91 Å². The SMILES string of the molecule is COC(=O)c1ccc(-n2c(C)cc(/C=C(/C#N)C(=O)NC(C)C)c2C)cc1Cl. The highest BCUT2D eigenvalue weighted by molar-refractivity contribution is 6.33. The van der Waals surface area contributed by atoms with E-state index in [0.717, 1.165) is 22.6 Å². The second-order valence-electron chi connectivity index (χ2n) is 6.62. The zero-order valence-electron chi connectivity index (χ0n) is 16.5. The van der Waals surface area contributed by atoms with Crippen LogP contribution < -0.4 is 5.32 Å². The normalized spacial score (nSPS) is 11.3. The number of aryl methyl sites for hydroxylation is 1. The van der Waals surface area contributed by atoms with Crippen molar-refractivity contribution in [2.45, 2.75) is 33.7 Å². The van der Waals surface area contributed by atoms with Crippen LogP contribution in [-0.2, 0) is 9.53 Å². The molecule has 0 aliphatic heterocycles. The zero-order valence-corrected chi connectivity index (χ0v) is 17.2. The summed E-state index contributed by atoms with van der Waals surface area (Å²) in [6.45, 7) is 7.46. The van der Waals surface area contributed by atoms with Crippen LogP contribution in [0.3, 0.4) is 0 Å². The summed E-state index contributed by atoms with van der Waals surface area (Å²) in [5, 5.41) is 12.3. The number of esters is 1. The number of benzene rings is 1. The van der Waals surface area contributed by atoms with Crippen LogP contribution in [-0.4, -0.2) is 29.6 Å². The van der Waals surface area contributed by atoms with Crippen molar-refractivity contribution in [2.75, 3.05) is 7.11 Å². The van der Waals surface area contributed by atoms with E-state index in [1.54, 1.807) is 24.3 Å². The van der Waals surface area contributed by atoms with E-state index in [1.165, 1.54) is 7.11 Å². The smallest absolute Gasteiger partial charge is 0.339 e. The molecule has 1 aromatic heterocycles. The van der Waals surface area contributed by atoms with Crippen molar-refractivity contribution in [1.82, 2.24) is 9.88 Å². The first-order valence-corrected chi connectivity index (χ1v) is 9.07. The molecule has 1 N–H and O–H groups in total. The second kappa shape index (κ2) is 8.77. The number of nitrogens with one attached hydrogen (secondary N) is 1. The summed E-state index contributed by atoms with van der Waals surface area (Å²) in [5.74, 6) is -0.913. The van der Waals surface area contributed by atoms with E-state index in [9.17, 15) is 14.9 Å². The van der Waals surface area contributed by atoms with Gasteiger partial charge in [-0.15, -0.1) is 0 Å². The van der Waals surface area contributed by atoms with E-state index < -0.39 is 11.9 Å². The predicted octanol–water partition coefficient (Wildman–Crippen LogP) is 3.97. The molecule has 0 aliphatic rings. The lowest BCUT2D eigenvalue weighted by Gasteiger charge is -2.12. The minimum atomic E-state index is -0.504. The molecule has 6 nitrogen and oxygen atoms in total. The predicted molar refractivity (Wildman–Crippen MR) is 108 cm³/mol. The van der Waals surface area contributed by atoms with Crippen LogP contribution >= 0.6 is 11.6 Å². The zero-order chi connectivity index (χ0) is 21.0. The van der Waals surface area contributed by atoms with Gasteiger partial charge in [-0.05, 0) is 63.6 Å². The first kappa shape index (κ1) is 21.3. The summed E-state index contributed by atoms with van der Waals surface area (Å²) in [5.41, 5.74) is 3.57. The van der Waals surface area contributed by atoms with Crippen molar-refractivity contribution >= 4 is 29.6 Å². The molecule has 2 rings (SSSR count). The van der Waals surface area contributed by atoms with Crippen LogP contribution in [0.2, 0.25) is 5.02 Å². The number of nitrogens with zero attached hydrogens (tertiary/aromatic N) is 2. The number of ether oxygens (including phenoxy) is 1. The molecule has 0 atom stereocenters. The van der Waals surface area contributed by atoms with E-state index >= 15 is 0 Å². The molecule has 0 unspecified atom stereocenters. The summed E-state index contributed by atoms with van der Waals surface area (Å²) in [7, 11) is 1.30. The van der Waals surface area contributed by atoms with Gasteiger partial charge in [-0.2, -0.15) is 5.26 Å². The molecule has 146 valence electrons. The average Bonchev–Trinajstić information content (AvgIpc) is 2.91. The molecule has 2 aromatic rings. The molecule has 7 heteroatoms. The third-order valence-electron chi connectivity index (χ3n) is 4.17. The largest absolute Gasteiger partial charge is 0.465 e. The number of aromatic nitrogens is 1. The van der Waals surface area contributed by atoms with Crippen LogP contribution in [0.25, 0.3) is 11.8 Å². The third kappa shape index (κ3) is 4.44. The molecule has 0 bridgehead atoms. The quantitative estimate of drug-likeness (QED) is 0.468. The first-order valence-electron chi connectivity index (χ1n) is 8.69. The lowest BCUT2D eigenvalue weighted by atomic mass is 10.1. The van der Waals surface area contributed by atoms with Crippen LogP contribution in [0.5, 0.6) is 0 Å². The second-order valence-corrected chi connectivity index (χ2v) is 7.02. The molecule has 0 saturated heterocycles. The summed E-state index contributed by atoms with van der Waals surface area (Å²) < 4.78 is 6.65. The Bertz CT molecular complexity index is 997. The van der Waals surface area contributed by atoms with Crippen LogP contribution in [0.4, 0.5) is 0 Å². The monoisotopic (exact) mass is 399 g/mol. The Balaban J connectivity index is 2.48. The highest BCUT2D eigenvalue weighted by atomic mass is 35.5. The molecule has 0 aliphatic carbocycles. The highest BCUT2D eigenvalue weighted by Crippen LogP contribution is 2.26. The Kier molecular flexibility index (Phi) is 6.66. The van der Waals surface area contributed by atoms with Gasteiger partial charge in [-0.3, -0.25) is 4.79 Å². The Morgan fingerprint density at radius 3 is 2.50 bits per heavy atom. The van der Waals surface area contributed by atoms with Gasteiger partial charge in [0.05, 0.1) is 17.7 Å². The lowest BCUT2D eigenvalue weighted by Crippen LogP contribution is -2.30. The molecule has 0 fully saturated rings. The number of halogens is 1. The van der Waals surface area contributed by atoms with Gasteiger partial charge < -0.3 is 14.6 Å². The number of amides is 1. The fourth-order valence-corrected chi connectivity index (χ4v) is 3.15. The first-order chi connectivity index (χ1) is 13.2. The Labute approximate surface area is 169 Å². The Hall–Kier alpha value is -3.04. The van der Waals surface area contributed by atoms with Gasteiger partial charge in [0, 0.05) is 23.1 Å². The number of hydrogen-bond acceptors (Lipinski definition) is 4. The fourth-order valence-electron chi connectivity index (χ4n) is 2.89. The van der Waals surface area contributed by atoms with Crippen LogP contribution in [0, 0.1) is 25.2 Å². The minimum Gasteiger partial charge on any atom is -0.465 e. The van der Waals surface area contributed by atoms with Gasteiger partial charge in [0.15, 0.2) is 0 Å². The maximum atomic E-state index is 12.2. The molecule has 0 radical (unpaired) electrons. The van der Waals surface area contributed by atoms with Crippen molar-refractivity contribution in [3.8, 4) is 11.8 Å². The molecule has 0 spiro atoms. The molecular weight excluding hydrogens is 378 g/mol. The van der Waals surface area contributed by atoms with Gasteiger partial charge in [-0.25, -0.2) is 4.79 Å². The van der Waals surface area contributed by atoms with Crippen molar-refractivity contribution in [1.29, 1.82) is 5.26 Å². The summed E-state index contributed by atoms with van der Waals surface area (Å²) >= 11 is 6.24. The molecule has 1 aromatic carbocycles. The molecule has 1 amide bonds. The van der Waals surface area contributed by atoms with Crippen molar-refractivity contribution < 1.29 is 14.3 Å². The summed E-state index contributed by atoms with van der Waals surface area (Å²) in [6, 6.07) is 8.83. The van der Waals surface area contributed by atoms with Gasteiger partial charge in [0.1, 0.15) is 11.6 Å². The van der Waals surface area contributed by atoms with Crippen LogP contribution in [0.15, 0.2) is 29.8 Å². The number of carbonyl (C=O) groups excluding carboxylic acids is 2. The van der Waals surface area contributed by atoms with E-state index in [-0.39, 0.29) is 22.2 Å². The van der Waals surface area contributed by atoms with Gasteiger partial charge >= 0.3 is 5.97 Å². The van der Waals surface area contributed by atoms with Gasteiger partial charge in [-0.1, -0.05) is 11.6 Å². The maximum absolute atomic E-state index is 12.2. The fraction of sp³-hybridized carbons (Fsp3) is 0.286. The number of carbonyl (C=O) groups is 2. The van der Waals surface area contributed by atoms with E-state index in [0.29, 0.717) is 0 Å². The Morgan fingerprint density at radius 2 is 1.96 bits per heavy atom. The van der Waals surface area contributed by atoms with Gasteiger partial charge in [0.2, 0.25) is 0 Å². The van der Waals surface area contributed by atoms with E-state index in [2.05, 4.69) is 5.32 Å². The standard InChI is InChI=1S/C21H22ClN3O3/c1-12(2)24-20(26)16(11-23)9-15-8-13(3)25(14(15)4)17-6-7-18(19(22)10-17)21(27)28-5/h6-10,12H,1-5H3,(H,24,26)/b16-9-. The Morgan fingerprint density at radius 1 is 1.29 bits per heavy atom. The number of hydrogen-bond donors (Lipinski definition) is 1. The molecular formula is C21H22ClN3O3. The highest BCUT2D eigenvalue weighted by Gasteiger charge is 2.16. The summed E-state index contributed by atoms with van der Waals surface area (Å²) in [4.78, 5) is 23.9. The maximum Gasteiger partial charge on any atom is 0.339 e. The lowest BCUT2D eigenvalue weighted by molar-refractivity contribution is -0.117. The third-order valence-corrected chi connectivity index (χ3v) is 4.48. The van der Waals surface area contributed by atoms with Crippen molar-refractivity contribution in [3.63, 3.8) is 0 Å². The molecule has 28 heavy (non-hydrogen) atoms. The number of nitriles is 1. The molecule has 1 heterocycles.